The third-order valence-electron chi connectivity index (χ3n) is 5.65. The summed E-state index contributed by atoms with van der Waals surface area (Å²) in [6, 6.07) is 0. The Balaban J connectivity index is 1.92. The molecule has 0 spiro atoms. The standard InChI is InChI=1S/C15H24O/c1-10-5-3-8-13(10)15(2)9-11-6-4-7-12(11)14(15)16/h11-12,14,16H,3-9H2,1-2H3. The first-order chi connectivity index (χ1) is 7.63. The second-order valence-electron chi connectivity index (χ2n) is 6.53. The van der Waals surface area contributed by atoms with E-state index in [0.717, 1.165) is 5.92 Å². The summed E-state index contributed by atoms with van der Waals surface area (Å²) < 4.78 is 0. The van der Waals surface area contributed by atoms with Crippen molar-refractivity contribution < 1.29 is 5.11 Å². The highest BCUT2D eigenvalue weighted by atomic mass is 16.3. The largest absolute Gasteiger partial charge is 0.392 e. The molecule has 1 N–H and O–H groups in total. The Labute approximate surface area is 98.9 Å². The maximum absolute atomic E-state index is 10.7. The van der Waals surface area contributed by atoms with Crippen LogP contribution >= 0.6 is 0 Å². The van der Waals surface area contributed by atoms with E-state index < -0.39 is 0 Å². The van der Waals surface area contributed by atoms with E-state index in [9.17, 15) is 5.11 Å². The zero-order chi connectivity index (χ0) is 11.3. The van der Waals surface area contributed by atoms with Crippen LogP contribution in [0.2, 0.25) is 0 Å². The molecule has 1 heteroatoms. The van der Waals surface area contributed by atoms with Crippen molar-refractivity contribution in [2.45, 2.75) is 64.9 Å². The Hall–Kier alpha value is -0.300. The highest BCUT2D eigenvalue weighted by Crippen LogP contribution is 2.58. The molecular weight excluding hydrogens is 196 g/mol. The molecule has 0 saturated heterocycles. The van der Waals surface area contributed by atoms with Gasteiger partial charge < -0.3 is 5.11 Å². The lowest BCUT2D eigenvalue weighted by atomic mass is 9.75. The van der Waals surface area contributed by atoms with Gasteiger partial charge in [0.2, 0.25) is 0 Å². The Morgan fingerprint density at radius 1 is 1.19 bits per heavy atom. The van der Waals surface area contributed by atoms with Gasteiger partial charge in [0, 0.05) is 5.41 Å². The van der Waals surface area contributed by atoms with Crippen LogP contribution in [0, 0.1) is 17.3 Å². The Morgan fingerprint density at radius 3 is 2.62 bits per heavy atom. The van der Waals surface area contributed by atoms with E-state index in [1.807, 2.05) is 0 Å². The molecule has 1 nitrogen and oxygen atoms in total. The van der Waals surface area contributed by atoms with Gasteiger partial charge in [-0.1, -0.05) is 30.9 Å². The van der Waals surface area contributed by atoms with E-state index in [2.05, 4.69) is 13.8 Å². The van der Waals surface area contributed by atoms with Crippen LogP contribution in [0.15, 0.2) is 11.1 Å². The SMILES string of the molecule is CC1=C(C2(C)CC3CCCC3C2O)CCC1. The van der Waals surface area contributed by atoms with E-state index in [1.165, 1.54) is 44.9 Å². The van der Waals surface area contributed by atoms with E-state index >= 15 is 0 Å². The average Bonchev–Trinajstić information content (AvgIpc) is 2.89. The summed E-state index contributed by atoms with van der Waals surface area (Å²) in [5.74, 6) is 1.44. The number of aliphatic hydroxyl groups excluding tert-OH is 1. The molecule has 0 aromatic rings. The minimum atomic E-state index is -0.0527. The molecule has 0 bridgehead atoms. The molecule has 0 radical (unpaired) electrons. The van der Waals surface area contributed by atoms with Crippen molar-refractivity contribution in [2.75, 3.05) is 0 Å². The molecule has 2 saturated carbocycles. The lowest BCUT2D eigenvalue weighted by molar-refractivity contribution is 0.0526. The molecule has 3 rings (SSSR count). The van der Waals surface area contributed by atoms with Crippen molar-refractivity contribution in [3.8, 4) is 0 Å². The van der Waals surface area contributed by atoms with Gasteiger partial charge in [0.05, 0.1) is 6.10 Å². The molecule has 4 atom stereocenters. The van der Waals surface area contributed by atoms with E-state index in [0.29, 0.717) is 5.92 Å². The Morgan fingerprint density at radius 2 is 2.00 bits per heavy atom. The van der Waals surface area contributed by atoms with Gasteiger partial charge in [0.15, 0.2) is 0 Å². The Bertz CT molecular complexity index is 330. The second-order valence-corrected chi connectivity index (χ2v) is 6.53. The first-order valence-electron chi connectivity index (χ1n) is 7.00. The molecule has 0 aliphatic heterocycles. The van der Waals surface area contributed by atoms with Gasteiger partial charge in [0.25, 0.3) is 0 Å². The first-order valence-corrected chi connectivity index (χ1v) is 7.00. The minimum Gasteiger partial charge on any atom is -0.392 e. The van der Waals surface area contributed by atoms with Crippen molar-refractivity contribution >= 4 is 0 Å². The van der Waals surface area contributed by atoms with Crippen LogP contribution in [0.1, 0.15) is 58.8 Å². The van der Waals surface area contributed by atoms with Gasteiger partial charge >= 0.3 is 0 Å². The lowest BCUT2D eigenvalue weighted by Crippen LogP contribution is -2.32. The molecule has 0 heterocycles. The summed E-state index contributed by atoms with van der Waals surface area (Å²) in [7, 11) is 0. The smallest absolute Gasteiger partial charge is 0.0661 e. The van der Waals surface area contributed by atoms with Crippen molar-refractivity contribution in [3.63, 3.8) is 0 Å². The van der Waals surface area contributed by atoms with Crippen LogP contribution in [0.5, 0.6) is 0 Å². The zero-order valence-electron chi connectivity index (χ0n) is 10.6. The zero-order valence-corrected chi connectivity index (χ0v) is 10.6. The monoisotopic (exact) mass is 220 g/mol. The predicted molar refractivity (Wildman–Crippen MR) is 66.1 cm³/mol. The highest BCUT2D eigenvalue weighted by Gasteiger charge is 2.53. The van der Waals surface area contributed by atoms with E-state index in [-0.39, 0.29) is 11.5 Å². The normalized spacial score (nSPS) is 47.8. The minimum absolute atomic E-state index is 0.0527. The van der Waals surface area contributed by atoms with Gasteiger partial charge in [-0.25, -0.2) is 0 Å². The average molecular weight is 220 g/mol. The maximum atomic E-state index is 10.7. The number of rotatable bonds is 1. The van der Waals surface area contributed by atoms with Crippen LogP contribution in [0.25, 0.3) is 0 Å². The fourth-order valence-corrected chi connectivity index (χ4v) is 4.84. The van der Waals surface area contributed by atoms with Gasteiger partial charge in [0.1, 0.15) is 0 Å². The van der Waals surface area contributed by atoms with Crippen molar-refractivity contribution in [1.29, 1.82) is 0 Å². The Kier molecular flexibility index (Phi) is 2.43. The molecule has 90 valence electrons. The maximum Gasteiger partial charge on any atom is 0.0661 e. The van der Waals surface area contributed by atoms with Crippen molar-refractivity contribution in [3.05, 3.63) is 11.1 Å². The molecule has 3 aliphatic carbocycles. The third-order valence-corrected chi connectivity index (χ3v) is 5.65. The van der Waals surface area contributed by atoms with Crippen LogP contribution in [-0.4, -0.2) is 11.2 Å². The molecular formula is C15H24O. The molecule has 0 aromatic heterocycles. The molecule has 3 aliphatic rings. The van der Waals surface area contributed by atoms with Gasteiger partial charge in [-0.2, -0.15) is 0 Å². The molecule has 0 amide bonds. The lowest BCUT2D eigenvalue weighted by Gasteiger charge is -2.33. The summed E-state index contributed by atoms with van der Waals surface area (Å²) in [4.78, 5) is 0. The van der Waals surface area contributed by atoms with Crippen LogP contribution in [0.4, 0.5) is 0 Å². The third kappa shape index (κ3) is 1.33. The first kappa shape index (κ1) is 10.8. The fourth-order valence-electron chi connectivity index (χ4n) is 4.84. The summed E-state index contributed by atoms with van der Waals surface area (Å²) in [6.07, 6.45) is 9.02. The quantitative estimate of drug-likeness (QED) is 0.668. The summed E-state index contributed by atoms with van der Waals surface area (Å²) in [5.41, 5.74) is 3.34. The van der Waals surface area contributed by atoms with Crippen LogP contribution in [0.3, 0.4) is 0 Å². The predicted octanol–water partition coefficient (Wildman–Crippen LogP) is 3.67. The van der Waals surface area contributed by atoms with Gasteiger partial charge in [-0.15, -0.1) is 0 Å². The second kappa shape index (κ2) is 3.60. The van der Waals surface area contributed by atoms with Crippen LogP contribution < -0.4 is 0 Å². The van der Waals surface area contributed by atoms with Crippen molar-refractivity contribution in [2.24, 2.45) is 17.3 Å². The van der Waals surface area contributed by atoms with Crippen molar-refractivity contribution in [1.82, 2.24) is 0 Å². The van der Waals surface area contributed by atoms with E-state index in [4.69, 9.17) is 0 Å². The summed E-state index contributed by atoms with van der Waals surface area (Å²) in [5, 5.41) is 10.7. The van der Waals surface area contributed by atoms with E-state index in [1.54, 1.807) is 11.1 Å². The summed E-state index contributed by atoms with van der Waals surface area (Å²) in [6.45, 7) is 4.62. The number of hydrogen-bond donors (Lipinski definition) is 1. The number of aliphatic hydroxyl groups is 1. The molecule has 0 aromatic carbocycles. The number of hydrogen-bond acceptors (Lipinski definition) is 1. The number of allylic oxidation sites excluding steroid dienone is 1. The van der Waals surface area contributed by atoms with Gasteiger partial charge in [-0.3, -0.25) is 0 Å². The van der Waals surface area contributed by atoms with Crippen LogP contribution in [-0.2, 0) is 0 Å². The molecule has 16 heavy (non-hydrogen) atoms. The summed E-state index contributed by atoms with van der Waals surface area (Å²) >= 11 is 0. The molecule has 2 fully saturated rings. The van der Waals surface area contributed by atoms with Gasteiger partial charge in [-0.05, 0) is 50.9 Å². The highest BCUT2D eigenvalue weighted by molar-refractivity contribution is 5.28. The topological polar surface area (TPSA) is 20.2 Å². The number of fused-ring (bicyclic) bond motifs is 1. The fraction of sp³-hybridized carbons (Fsp3) is 0.867. The molecule has 4 unspecified atom stereocenters.